The number of nitrogens with zero attached hydrogens (tertiary/aromatic N) is 2. The highest BCUT2D eigenvalue weighted by Gasteiger charge is 2.07. The van der Waals surface area contributed by atoms with Crippen LogP contribution >= 0.6 is 0 Å². The number of nitrogens with two attached hydrogens (primary N) is 1. The van der Waals surface area contributed by atoms with Crippen LogP contribution in [0.1, 0.15) is 12.0 Å². The molecule has 0 saturated heterocycles. The van der Waals surface area contributed by atoms with E-state index in [1.54, 1.807) is 6.07 Å². The molecule has 0 aliphatic rings. The van der Waals surface area contributed by atoms with Gasteiger partial charge < -0.3 is 16.4 Å². The summed E-state index contributed by atoms with van der Waals surface area (Å²) < 4.78 is 0. The van der Waals surface area contributed by atoms with Crippen LogP contribution in [0, 0.1) is 12.3 Å². The molecule has 1 heterocycles. The molecular weight excluding hydrogens is 314 g/mol. The number of rotatable bonds is 5. The van der Waals surface area contributed by atoms with Gasteiger partial charge in [0.05, 0.1) is 5.52 Å². The Hall–Kier alpha value is -3.43. The third-order valence-electron chi connectivity index (χ3n) is 3.58. The van der Waals surface area contributed by atoms with Gasteiger partial charge in [0, 0.05) is 35.3 Å². The first-order valence-corrected chi connectivity index (χ1v) is 7.78. The fourth-order valence-corrected chi connectivity index (χ4v) is 2.41. The van der Waals surface area contributed by atoms with Gasteiger partial charge >= 0.3 is 0 Å². The largest absolute Gasteiger partial charge is 0.340 e. The molecule has 2 aromatic carbocycles. The fraction of sp³-hybridized carbons (Fsp3) is 0.105. The zero-order valence-electron chi connectivity index (χ0n) is 13.5. The average Bonchev–Trinajstić information content (AvgIpc) is 2.62. The number of hydrogen-bond donors (Lipinski definition) is 3. The Balaban J connectivity index is 1.94. The van der Waals surface area contributed by atoms with Crippen LogP contribution in [0.25, 0.3) is 10.9 Å². The number of benzene rings is 2. The summed E-state index contributed by atoms with van der Waals surface area (Å²) in [5.74, 6) is 3.11. The zero-order valence-corrected chi connectivity index (χ0v) is 13.5. The van der Waals surface area contributed by atoms with Crippen LogP contribution in [-0.2, 0) is 4.79 Å². The number of nitrogens with one attached hydrogen (secondary N) is 2. The third-order valence-corrected chi connectivity index (χ3v) is 3.58. The van der Waals surface area contributed by atoms with Crippen LogP contribution in [0.15, 0.2) is 48.8 Å². The minimum atomic E-state index is -0.130. The lowest BCUT2D eigenvalue weighted by Crippen LogP contribution is -2.16. The molecule has 1 aromatic heterocycles. The fourth-order valence-electron chi connectivity index (χ4n) is 2.41. The van der Waals surface area contributed by atoms with Crippen molar-refractivity contribution >= 4 is 34.0 Å². The van der Waals surface area contributed by atoms with E-state index in [4.69, 9.17) is 12.2 Å². The molecule has 0 spiro atoms. The lowest BCUT2D eigenvalue weighted by atomic mass is 10.2. The second-order valence-electron chi connectivity index (χ2n) is 5.39. The predicted octanol–water partition coefficient (Wildman–Crippen LogP) is 2.64. The number of terminal acetylenes is 1. The predicted molar refractivity (Wildman–Crippen MR) is 99.5 cm³/mol. The second kappa shape index (κ2) is 7.43. The third kappa shape index (κ3) is 3.91. The first-order valence-electron chi connectivity index (χ1n) is 7.78. The van der Waals surface area contributed by atoms with E-state index in [0.29, 0.717) is 18.1 Å². The van der Waals surface area contributed by atoms with E-state index in [1.165, 1.54) is 6.33 Å². The Kier molecular flexibility index (Phi) is 4.88. The summed E-state index contributed by atoms with van der Waals surface area (Å²) in [6.45, 7) is 0.306. The lowest BCUT2D eigenvalue weighted by molar-refractivity contribution is -0.116. The van der Waals surface area contributed by atoms with Crippen molar-refractivity contribution in [1.82, 2.24) is 9.97 Å². The normalized spacial score (nSPS) is 10.2. The molecule has 0 aliphatic heterocycles. The molecule has 3 rings (SSSR count). The molecule has 1 amide bonds. The van der Waals surface area contributed by atoms with Gasteiger partial charge in [0.25, 0.3) is 0 Å². The molecule has 6 heteroatoms. The van der Waals surface area contributed by atoms with Gasteiger partial charge in [-0.1, -0.05) is 12.0 Å². The molecule has 0 bridgehead atoms. The minimum absolute atomic E-state index is 0.130. The van der Waals surface area contributed by atoms with Gasteiger partial charge in [0.1, 0.15) is 12.1 Å². The van der Waals surface area contributed by atoms with Gasteiger partial charge in [-0.2, -0.15) is 0 Å². The second-order valence-corrected chi connectivity index (χ2v) is 5.39. The van der Waals surface area contributed by atoms with E-state index < -0.39 is 0 Å². The number of anilines is 3. The standard InChI is InChI=1S/C19H17N5O/c1-2-13-4-3-5-14(10-13)24-19-16-11-15(23-18(25)8-9-20)6-7-17(16)21-12-22-19/h1,3-7,10-12H,8-9,20H2,(H,23,25)(H,21,22,24). The molecule has 0 saturated carbocycles. The molecule has 4 N–H and O–H groups in total. The number of carbonyl (C=O) groups is 1. The molecule has 0 radical (unpaired) electrons. The van der Waals surface area contributed by atoms with Crippen molar-refractivity contribution in [2.24, 2.45) is 5.73 Å². The summed E-state index contributed by atoms with van der Waals surface area (Å²) in [6, 6.07) is 13.0. The number of hydrogen-bond acceptors (Lipinski definition) is 5. The molecule has 0 aliphatic carbocycles. The quantitative estimate of drug-likeness (QED) is 0.625. The van der Waals surface area contributed by atoms with E-state index in [-0.39, 0.29) is 12.3 Å². The SMILES string of the molecule is C#Cc1cccc(Nc2ncnc3ccc(NC(=O)CCN)cc23)c1. The Morgan fingerprint density at radius 1 is 1.16 bits per heavy atom. The van der Waals surface area contributed by atoms with Crippen LogP contribution in [0.4, 0.5) is 17.2 Å². The van der Waals surface area contributed by atoms with Crippen molar-refractivity contribution in [2.45, 2.75) is 6.42 Å². The first-order chi connectivity index (χ1) is 12.2. The Bertz CT molecular complexity index is 961. The van der Waals surface area contributed by atoms with Gasteiger partial charge in [-0.3, -0.25) is 4.79 Å². The minimum Gasteiger partial charge on any atom is -0.340 e. The van der Waals surface area contributed by atoms with E-state index in [1.807, 2.05) is 36.4 Å². The topological polar surface area (TPSA) is 92.9 Å². The molecular formula is C19H17N5O. The summed E-state index contributed by atoms with van der Waals surface area (Å²) in [5, 5.41) is 6.85. The molecule has 3 aromatic rings. The van der Waals surface area contributed by atoms with E-state index in [2.05, 4.69) is 26.5 Å². The van der Waals surface area contributed by atoms with Crippen molar-refractivity contribution in [3.05, 3.63) is 54.4 Å². The van der Waals surface area contributed by atoms with Crippen LogP contribution in [0.3, 0.4) is 0 Å². The summed E-state index contributed by atoms with van der Waals surface area (Å²) in [6.07, 6.45) is 7.20. The summed E-state index contributed by atoms with van der Waals surface area (Å²) in [7, 11) is 0. The molecule has 124 valence electrons. The van der Waals surface area contributed by atoms with Crippen LogP contribution in [0.5, 0.6) is 0 Å². The lowest BCUT2D eigenvalue weighted by Gasteiger charge is -2.10. The van der Waals surface area contributed by atoms with Gasteiger partial charge in [-0.15, -0.1) is 6.42 Å². The van der Waals surface area contributed by atoms with Crippen molar-refractivity contribution in [2.75, 3.05) is 17.2 Å². The average molecular weight is 331 g/mol. The molecule has 25 heavy (non-hydrogen) atoms. The van der Waals surface area contributed by atoms with E-state index >= 15 is 0 Å². The molecule has 0 fully saturated rings. The van der Waals surface area contributed by atoms with Gasteiger partial charge in [-0.05, 0) is 36.4 Å². The maximum absolute atomic E-state index is 11.7. The molecule has 0 unspecified atom stereocenters. The molecule has 6 nitrogen and oxygen atoms in total. The number of fused-ring (bicyclic) bond motifs is 1. The smallest absolute Gasteiger partial charge is 0.225 e. The molecule has 0 atom stereocenters. The van der Waals surface area contributed by atoms with Crippen molar-refractivity contribution in [1.29, 1.82) is 0 Å². The number of carbonyl (C=O) groups excluding carboxylic acids is 1. The summed E-state index contributed by atoms with van der Waals surface area (Å²) in [4.78, 5) is 20.3. The monoisotopic (exact) mass is 331 g/mol. The summed E-state index contributed by atoms with van der Waals surface area (Å²) in [5.41, 5.74) is 8.44. The van der Waals surface area contributed by atoms with Gasteiger partial charge in [0.2, 0.25) is 5.91 Å². The van der Waals surface area contributed by atoms with E-state index in [9.17, 15) is 4.79 Å². The Morgan fingerprint density at radius 3 is 2.84 bits per heavy atom. The first kappa shape index (κ1) is 16.4. The van der Waals surface area contributed by atoms with Crippen molar-refractivity contribution < 1.29 is 4.79 Å². The highest BCUT2D eigenvalue weighted by molar-refractivity contribution is 5.97. The highest BCUT2D eigenvalue weighted by atomic mass is 16.1. The van der Waals surface area contributed by atoms with Crippen LogP contribution < -0.4 is 16.4 Å². The Labute approximate surface area is 145 Å². The number of amides is 1. The van der Waals surface area contributed by atoms with Gasteiger partial charge in [0.15, 0.2) is 0 Å². The van der Waals surface area contributed by atoms with Crippen molar-refractivity contribution in [3.8, 4) is 12.3 Å². The zero-order chi connectivity index (χ0) is 17.6. The van der Waals surface area contributed by atoms with Gasteiger partial charge in [-0.25, -0.2) is 9.97 Å². The maximum atomic E-state index is 11.7. The van der Waals surface area contributed by atoms with Crippen LogP contribution in [0.2, 0.25) is 0 Å². The van der Waals surface area contributed by atoms with Crippen molar-refractivity contribution in [3.63, 3.8) is 0 Å². The summed E-state index contributed by atoms with van der Waals surface area (Å²) >= 11 is 0. The highest BCUT2D eigenvalue weighted by Crippen LogP contribution is 2.26. The number of aromatic nitrogens is 2. The van der Waals surface area contributed by atoms with E-state index in [0.717, 1.165) is 22.2 Å². The Morgan fingerprint density at radius 2 is 2.04 bits per heavy atom. The van der Waals surface area contributed by atoms with Crippen LogP contribution in [-0.4, -0.2) is 22.4 Å². The maximum Gasteiger partial charge on any atom is 0.225 e.